The number of carbonyl (C=O) groups is 1. The third-order valence-corrected chi connectivity index (χ3v) is 2.97. The van der Waals surface area contributed by atoms with Crippen LogP contribution in [0.5, 0.6) is 0 Å². The van der Waals surface area contributed by atoms with E-state index in [-0.39, 0.29) is 0 Å². The van der Waals surface area contributed by atoms with Gasteiger partial charge in [-0.05, 0) is 36.1 Å². The Bertz CT molecular complexity index is 408. The molecule has 2 nitrogen and oxygen atoms in total. The minimum Gasteiger partial charge on any atom is -0.478 e. The van der Waals surface area contributed by atoms with Gasteiger partial charge in [-0.3, -0.25) is 0 Å². The van der Waals surface area contributed by atoms with Crippen LogP contribution in [-0.2, 0) is 11.2 Å². The molecule has 0 amide bonds. The molecule has 0 aliphatic rings. The van der Waals surface area contributed by atoms with Crippen molar-refractivity contribution in [3.05, 3.63) is 39.9 Å². The van der Waals surface area contributed by atoms with E-state index in [1.54, 1.807) is 6.92 Å². The van der Waals surface area contributed by atoms with Gasteiger partial charge in [-0.2, -0.15) is 0 Å². The first-order valence-electron chi connectivity index (χ1n) is 4.74. The maximum atomic E-state index is 10.5. The van der Waals surface area contributed by atoms with Crippen molar-refractivity contribution in [2.24, 2.45) is 0 Å². The molecule has 0 spiro atoms. The molecule has 1 aromatic rings. The highest BCUT2D eigenvalue weighted by Gasteiger charge is 2.02. The molecule has 0 saturated carbocycles. The fraction of sp³-hybridized carbons (Fsp3) is 0.250. The van der Waals surface area contributed by atoms with Gasteiger partial charge in [0.2, 0.25) is 0 Å². The second-order valence-corrected chi connectivity index (χ2v) is 4.18. The van der Waals surface area contributed by atoms with Gasteiger partial charge >= 0.3 is 5.97 Å². The van der Waals surface area contributed by atoms with Crippen molar-refractivity contribution >= 4 is 27.5 Å². The number of aryl methyl sites for hydroxylation is 1. The highest BCUT2D eigenvalue weighted by Crippen LogP contribution is 2.23. The number of hydrogen-bond acceptors (Lipinski definition) is 1. The average molecular weight is 269 g/mol. The van der Waals surface area contributed by atoms with Crippen LogP contribution in [-0.4, -0.2) is 11.1 Å². The molecule has 0 radical (unpaired) electrons. The second kappa shape index (κ2) is 5.12. The quantitative estimate of drug-likeness (QED) is 0.853. The highest BCUT2D eigenvalue weighted by atomic mass is 79.9. The minimum atomic E-state index is -0.914. The van der Waals surface area contributed by atoms with Crippen molar-refractivity contribution in [3.8, 4) is 0 Å². The van der Waals surface area contributed by atoms with Gasteiger partial charge in [0.1, 0.15) is 0 Å². The summed E-state index contributed by atoms with van der Waals surface area (Å²) in [5.74, 6) is -0.914. The summed E-state index contributed by atoms with van der Waals surface area (Å²) in [5.41, 5.74) is 2.91. The van der Waals surface area contributed by atoms with Gasteiger partial charge < -0.3 is 5.11 Å². The number of halogens is 1. The van der Waals surface area contributed by atoms with Gasteiger partial charge in [0, 0.05) is 10.5 Å². The molecular weight excluding hydrogens is 256 g/mol. The Balaban J connectivity index is 3.07. The van der Waals surface area contributed by atoms with Crippen molar-refractivity contribution < 1.29 is 9.90 Å². The van der Waals surface area contributed by atoms with Crippen LogP contribution in [0.1, 0.15) is 25.0 Å². The van der Waals surface area contributed by atoms with E-state index < -0.39 is 5.97 Å². The monoisotopic (exact) mass is 268 g/mol. The zero-order valence-corrected chi connectivity index (χ0v) is 10.3. The highest BCUT2D eigenvalue weighted by molar-refractivity contribution is 9.10. The van der Waals surface area contributed by atoms with Crippen LogP contribution >= 0.6 is 15.9 Å². The average Bonchev–Trinajstić information content (AvgIpc) is 2.16. The van der Waals surface area contributed by atoms with E-state index in [9.17, 15) is 4.79 Å². The minimum absolute atomic E-state index is 0.755. The van der Waals surface area contributed by atoms with E-state index in [1.807, 2.05) is 18.2 Å². The summed E-state index contributed by atoms with van der Waals surface area (Å²) in [6.45, 7) is 3.88. The Morgan fingerprint density at radius 3 is 2.67 bits per heavy atom. The Labute approximate surface area is 97.8 Å². The first-order valence-corrected chi connectivity index (χ1v) is 5.54. The van der Waals surface area contributed by atoms with Gasteiger partial charge in [0.05, 0.1) is 0 Å². The van der Waals surface area contributed by atoms with E-state index in [0.29, 0.717) is 0 Å². The van der Waals surface area contributed by atoms with Crippen LogP contribution in [0.25, 0.3) is 5.57 Å². The van der Waals surface area contributed by atoms with Gasteiger partial charge in [-0.15, -0.1) is 0 Å². The third kappa shape index (κ3) is 3.20. The number of hydrogen-bond donors (Lipinski definition) is 1. The molecule has 80 valence electrons. The van der Waals surface area contributed by atoms with E-state index >= 15 is 0 Å². The standard InChI is InChI=1S/C12H13BrO2/c1-3-9-4-5-10(7-11(9)13)8(2)6-12(14)15/h4-7H,3H2,1-2H3,(H,14,15)/b8-6+. The Morgan fingerprint density at radius 1 is 1.53 bits per heavy atom. The maximum absolute atomic E-state index is 10.5. The summed E-state index contributed by atoms with van der Waals surface area (Å²) < 4.78 is 1.03. The van der Waals surface area contributed by atoms with Crippen molar-refractivity contribution in [2.45, 2.75) is 20.3 Å². The number of rotatable bonds is 3. The van der Waals surface area contributed by atoms with E-state index in [4.69, 9.17) is 5.11 Å². The number of carboxylic acids is 1. The van der Waals surface area contributed by atoms with Gasteiger partial charge in [-0.25, -0.2) is 4.79 Å². The zero-order chi connectivity index (χ0) is 11.4. The molecule has 1 N–H and O–H groups in total. The van der Waals surface area contributed by atoms with Crippen LogP contribution in [0.4, 0.5) is 0 Å². The predicted molar refractivity (Wildman–Crippen MR) is 64.8 cm³/mol. The van der Waals surface area contributed by atoms with E-state index in [2.05, 4.69) is 22.9 Å². The number of carboxylic acid groups (broad SMARTS) is 1. The maximum Gasteiger partial charge on any atom is 0.328 e. The van der Waals surface area contributed by atoms with Crippen molar-refractivity contribution in [1.29, 1.82) is 0 Å². The lowest BCUT2D eigenvalue weighted by Crippen LogP contribution is -1.91. The fourth-order valence-electron chi connectivity index (χ4n) is 1.35. The lowest BCUT2D eigenvalue weighted by atomic mass is 10.0. The van der Waals surface area contributed by atoms with Crippen LogP contribution in [0, 0.1) is 0 Å². The molecule has 0 aliphatic carbocycles. The number of allylic oxidation sites excluding steroid dienone is 1. The summed E-state index contributed by atoms with van der Waals surface area (Å²) in [7, 11) is 0. The molecule has 3 heteroatoms. The summed E-state index contributed by atoms with van der Waals surface area (Å²) in [6, 6.07) is 5.91. The van der Waals surface area contributed by atoms with Crippen molar-refractivity contribution in [3.63, 3.8) is 0 Å². The topological polar surface area (TPSA) is 37.3 Å². The first kappa shape index (κ1) is 12.0. The molecular formula is C12H13BrO2. The number of benzene rings is 1. The third-order valence-electron chi connectivity index (χ3n) is 2.23. The smallest absolute Gasteiger partial charge is 0.328 e. The van der Waals surface area contributed by atoms with Crippen molar-refractivity contribution in [2.75, 3.05) is 0 Å². The van der Waals surface area contributed by atoms with Gasteiger partial charge in [0.15, 0.2) is 0 Å². The number of aliphatic carboxylic acids is 1. The molecule has 0 atom stereocenters. The predicted octanol–water partition coefficient (Wildman–Crippen LogP) is 3.50. The van der Waals surface area contributed by atoms with E-state index in [1.165, 1.54) is 11.6 Å². The SMILES string of the molecule is CCc1ccc(/C(C)=C/C(=O)O)cc1Br. The molecule has 1 aromatic carbocycles. The van der Waals surface area contributed by atoms with Crippen molar-refractivity contribution in [1.82, 2.24) is 0 Å². The zero-order valence-electron chi connectivity index (χ0n) is 8.75. The van der Waals surface area contributed by atoms with Crippen LogP contribution in [0.15, 0.2) is 28.7 Å². The van der Waals surface area contributed by atoms with Gasteiger partial charge in [0.25, 0.3) is 0 Å². The largest absolute Gasteiger partial charge is 0.478 e. The summed E-state index contributed by atoms with van der Waals surface area (Å²) >= 11 is 3.47. The van der Waals surface area contributed by atoms with Crippen LogP contribution in [0.2, 0.25) is 0 Å². The first-order chi connectivity index (χ1) is 7.04. The molecule has 0 saturated heterocycles. The molecule has 0 aromatic heterocycles. The molecule has 0 unspecified atom stereocenters. The Morgan fingerprint density at radius 2 is 2.20 bits per heavy atom. The van der Waals surface area contributed by atoms with Gasteiger partial charge in [-0.1, -0.05) is 35.0 Å². The molecule has 0 fully saturated rings. The molecule has 0 heterocycles. The molecule has 1 rings (SSSR count). The fourth-order valence-corrected chi connectivity index (χ4v) is 2.01. The van der Waals surface area contributed by atoms with E-state index in [0.717, 1.165) is 22.0 Å². The second-order valence-electron chi connectivity index (χ2n) is 3.33. The summed E-state index contributed by atoms with van der Waals surface area (Å²) in [4.78, 5) is 10.5. The Hall–Kier alpha value is -1.09. The summed E-state index contributed by atoms with van der Waals surface area (Å²) in [6.07, 6.45) is 2.18. The summed E-state index contributed by atoms with van der Waals surface area (Å²) in [5, 5.41) is 8.63. The molecule has 0 aliphatic heterocycles. The molecule has 15 heavy (non-hydrogen) atoms. The normalized spacial score (nSPS) is 11.5. The lowest BCUT2D eigenvalue weighted by molar-refractivity contribution is -0.131. The lowest BCUT2D eigenvalue weighted by Gasteiger charge is -2.05. The Kier molecular flexibility index (Phi) is 4.09. The molecule has 0 bridgehead atoms. The van der Waals surface area contributed by atoms with Crippen LogP contribution in [0.3, 0.4) is 0 Å². The van der Waals surface area contributed by atoms with Crippen LogP contribution < -0.4 is 0 Å².